The van der Waals surface area contributed by atoms with Crippen molar-refractivity contribution in [3.8, 4) is 5.75 Å². The molecule has 2 aliphatic heterocycles. The van der Waals surface area contributed by atoms with Crippen molar-refractivity contribution < 1.29 is 4.74 Å². The summed E-state index contributed by atoms with van der Waals surface area (Å²) in [6.07, 6.45) is 2.60. The van der Waals surface area contributed by atoms with Gasteiger partial charge in [-0.15, -0.1) is 0 Å². The van der Waals surface area contributed by atoms with E-state index in [1.165, 1.54) is 31.7 Å². The first kappa shape index (κ1) is 19.4. The maximum atomic E-state index is 6.23. The second-order valence-corrected chi connectivity index (χ2v) is 10.6. The average Bonchev–Trinajstić information content (AvgIpc) is 2.58. The fraction of sp³-hybridized carbons (Fsp3) is 0.700. The molecule has 2 saturated heterocycles. The Labute approximate surface area is 166 Å². The van der Waals surface area contributed by atoms with Crippen LogP contribution in [0, 0.1) is 0 Å². The van der Waals surface area contributed by atoms with E-state index in [9.17, 15) is 0 Å². The van der Waals surface area contributed by atoms with Gasteiger partial charge in [0.25, 0.3) is 0 Å². The van der Waals surface area contributed by atoms with E-state index in [0.29, 0.717) is 6.10 Å². The third kappa shape index (κ3) is 5.81. The van der Waals surface area contributed by atoms with Gasteiger partial charge in [0.1, 0.15) is 11.9 Å². The van der Waals surface area contributed by atoms with Crippen molar-refractivity contribution in [1.29, 1.82) is 0 Å². The third-order valence-corrected chi connectivity index (χ3v) is 6.10. The molecular formula is C20H32IN3O. The first-order chi connectivity index (χ1) is 11.9. The van der Waals surface area contributed by atoms with Gasteiger partial charge in [-0.1, -0.05) is 34.7 Å². The van der Waals surface area contributed by atoms with E-state index in [-0.39, 0.29) is 3.55 Å². The molecule has 1 aromatic carbocycles. The van der Waals surface area contributed by atoms with Crippen LogP contribution < -0.4 is 4.74 Å². The number of piperidine rings is 1. The molecule has 2 fully saturated rings. The van der Waals surface area contributed by atoms with Crippen LogP contribution in [-0.4, -0.2) is 70.7 Å². The fourth-order valence-corrected chi connectivity index (χ4v) is 4.12. The lowest BCUT2D eigenvalue weighted by molar-refractivity contribution is 0.0797. The maximum absolute atomic E-state index is 6.23. The molecule has 3 rings (SSSR count). The third-order valence-electron chi connectivity index (χ3n) is 5.42. The molecule has 2 aliphatic rings. The van der Waals surface area contributed by atoms with Crippen molar-refractivity contribution in [2.75, 3.05) is 46.3 Å². The monoisotopic (exact) mass is 457 g/mol. The second kappa shape index (κ2) is 8.55. The largest absolute Gasteiger partial charge is 0.490 e. The summed E-state index contributed by atoms with van der Waals surface area (Å²) in [4.78, 5) is 7.49. The molecule has 0 atom stereocenters. The molecule has 5 heteroatoms. The maximum Gasteiger partial charge on any atom is 0.119 e. The van der Waals surface area contributed by atoms with Gasteiger partial charge in [0.05, 0.1) is 3.55 Å². The Hall–Kier alpha value is -0.370. The zero-order valence-corrected chi connectivity index (χ0v) is 18.0. The van der Waals surface area contributed by atoms with Crippen LogP contribution in [0.15, 0.2) is 24.3 Å². The molecule has 0 amide bonds. The minimum atomic E-state index is 0.244. The molecule has 0 spiro atoms. The Kier molecular flexibility index (Phi) is 6.63. The van der Waals surface area contributed by atoms with Crippen molar-refractivity contribution in [1.82, 2.24) is 14.7 Å². The lowest BCUT2D eigenvalue weighted by atomic mass is 10.1. The average molecular weight is 457 g/mol. The quantitative estimate of drug-likeness (QED) is 0.383. The number of piperazine rings is 1. The highest BCUT2D eigenvalue weighted by Gasteiger charge is 2.28. The van der Waals surface area contributed by atoms with E-state index < -0.39 is 0 Å². The number of halogens is 1. The minimum absolute atomic E-state index is 0.244. The Morgan fingerprint density at radius 1 is 1.00 bits per heavy atom. The summed E-state index contributed by atoms with van der Waals surface area (Å²) in [6.45, 7) is 12.6. The van der Waals surface area contributed by atoms with Gasteiger partial charge in [-0.05, 0) is 51.4 Å². The van der Waals surface area contributed by atoms with Crippen molar-refractivity contribution in [3.05, 3.63) is 29.8 Å². The number of nitrogens with zero attached hydrogens (tertiary/aromatic N) is 3. The first-order valence-electron chi connectivity index (χ1n) is 9.50. The molecule has 0 aliphatic carbocycles. The van der Waals surface area contributed by atoms with E-state index >= 15 is 0 Å². The van der Waals surface area contributed by atoms with E-state index in [2.05, 4.69) is 82.5 Å². The molecule has 0 aromatic heterocycles. The SMILES string of the molecule is CN1CCN(Cc2ccc(OC3CCN(C(C)(C)I)CC3)cc2)CC1. The molecule has 2 heterocycles. The Morgan fingerprint density at radius 3 is 2.16 bits per heavy atom. The minimum Gasteiger partial charge on any atom is -0.490 e. The van der Waals surface area contributed by atoms with Gasteiger partial charge in [-0.2, -0.15) is 0 Å². The van der Waals surface area contributed by atoms with Crippen LogP contribution in [0.4, 0.5) is 0 Å². The zero-order chi connectivity index (χ0) is 17.9. The molecule has 1 aromatic rings. The second-order valence-electron chi connectivity index (χ2n) is 7.94. The van der Waals surface area contributed by atoms with Gasteiger partial charge in [0.15, 0.2) is 0 Å². The lowest BCUT2D eigenvalue weighted by Gasteiger charge is -2.39. The van der Waals surface area contributed by atoms with Gasteiger partial charge < -0.3 is 9.64 Å². The summed E-state index contributed by atoms with van der Waals surface area (Å²) in [5.41, 5.74) is 1.39. The number of hydrogen-bond acceptors (Lipinski definition) is 4. The summed E-state index contributed by atoms with van der Waals surface area (Å²) in [6, 6.07) is 8.77. The van der Waals surface area contributed by atoms with Gasteiger partial charge in [0, 0.05) is 45.8 Å². The number of likely N-dealkylation sites (tertiary alicyclic amines) is 1. The number of hydrogen-bond donors (Lipinski definition) is 0. The fourth-order valence-electron chi connectivity index (χ4n) is 3.64. The van der Waals surface area contributed by atoms with Crippen LogP contribution >= 0.6 is 22.6 Å². The van der Waals surface area contributed by atoms with E-state index in [1.54, 1.807) is 0 Å². The highest BCUT2D eigenvalue weighted by atomic mass is 127. The van der Waals surface area contributed by atoms with E-state index in [1.807, 2.05) is 0 Å². The van der Waals surface area contributed by atoms with Crippen molar-refractivity contribution in [3.63, 3.8) is 0 Å². The van der Waals surface area contributed by atoms with Gasteiger partial charge in [-0.3, -0.25) is 9.80 Å². The molecule has 140 valence electrons. The van der Waals surface area contributed by atoms with Gasteiger partial charge in [-0.25, -0.2) is 0 Å². The number of alkyl halides is 1. The molecular weight excluding hydrogens is 425 g/mol. The van der Waals surface area contributed by atoms with Crippen LogP contribution in [0.3, 0.4) is 0 Å². The normalized spacial score (nSPS) is 22.2. The van der Waals surface area contributed by atoms with Crippen LogP contribution in [0.5, 0.6) is 5.75 Å². The predicted octanol–water partition coefficient (Wildman–Crippen LogP) is 3.45. The molecule has 0 bridgehead atoms. The Balaban J connectivity index is 1.45. The van der Waals surface area contributed by atoms with Crippen molar-refractivity contribution >= 4 is 22.6 Å². The number of likely N-dealkylation sites (N-methyl/N-ethyl adjacent to an activating group) is 1. The highest BCUT2D eigenvalue weighted by molar-refractivity contribution is 14.1. The molecule has 25 heavy (non-hydrogen) atoms. The topological polar surface area (TPSA) is 19.0 Å². The highest BCUT2D eigenvalue weighted by Crippen LogP contribution is 2.28. The van der Waals surface area contributed by atoms with Gasteiger partial charge in [0.2, 0.25) is 0 Å². The van der Waals surface area contributed by atoms with Crippen molar-refractivity contribution in [2.24, 2.45) is 0 Å². The smallest absolute Gasteiger partial charge is 0.119 e. The molecule has 4 nitrogen and oxygen atoms in total. The van der Waals surface area contributed by atoms with Crippen LogP contribution in [0.1, 0.15) is 32.3 Å². The molecule has 0 N–H and O–H groups in total. The van der Waals surface area contributed by atoms with Crippen LogP contribution in [0.25, 0.3) is 0 Å². The predicted molar refractivity (Wildman–Crippen MR) is 113 cm³/mol. The Bertz CT molecular complexity index is 527. The Morgan fingerprint density at radius 2 is 1.60 bits per heavy atom. The zero-order valence-electron chi connectivity index (χ0n) is 15.9. The van der Waals surface area contributed by atoms with E-state index in [4.69, 9.17) is 4.74 Å². The summed E-state index contributed by atoms with van der Waals surface area (Å²) in [5, 5.41) is 0. The first-order valence-corrected chi connectivity index (χ1v) is 10.6. The summed E-state index contributed by atoms with van der Waals surface area (Å²) < 4.78 is 6.47. The summed E-state index contributed by atoms with van der Waals surface area (Å²) >= 11 is 2.53. The molecule has 0 unspecified atom stereocenters. The number of benzene rings is 1. The van der Waals surface area contributed by atoms with Crippen LogP contribution in [0.2, 0.25) is 0 Å². The molecule has 0 saturated carbocycles. The number of rotatable bonds is 5. The van der Waals surface area contributed by atoms with Crippen molar-refractivity contribution in [2.45, 2.75) is 42.9 Å². The standard InChI is InChI=1S/C20H32IN3O/c1-20(2,21)24-10-8-19(9-11-24)25-18-6-4-17(5-7-18)16-23-14-12-22(3)13-15-23/h4-7,19H,8-16H2,1-3H3. The lowest BCUT2D eigenvalue weighted by Crippen LogP contribution is -2.46. The van der Waals surface area contributed by atoms with E-state index in [0.717, 1.165) is 38.2 Å². The number of ether oxygens (including phenoxy) is 1. The molecule has 0 radical (unpaired) electrons. The summed E-state index contributed by atoms with van der Waals surface area (Å²) in [7, 11) is 2.20. The van der Waals surface area contributed by atoms with Gasteiger partial charge >= 0.3 is 0 Å². The summed E-state index contributed by atoms with van der Waals surface area (Å²) in [5.74, 6) is 1.02. The van der Waals surface area contributed by atoms with Crippen LogP contribution in [-0.2, 0) is 6.54 Å².